The molecule has 82 valence electrons. The van der Waals surface area contributed by atoms with Gasteiger partial charge in [0.25, 0.3) is 0 Å². The van der Waals surface area contributed by atoms with Gasteiger partial charge in [-0.25, -0.2) is 0 Å². The third-order valence-corrected chi connectivity index (χ3v) is 2.91. The maximum atomic E-state index is 11.6. The molecule has 0 aromatic rings. The summed E-state index contributed by atoms with van der Waals surface area (Å²) in [6.45, 7) is 9.59. The van der Waals surface area contributed by atoms with Crippen molar-refractivity contribution in [2.24, 2.45) is 5.92 Å². The van der Waals surface area contributed by atoms with Gasteiger partial charge in [0.2, 0.25) is 0 Å². The number of Topliss-reactive ketones (excluding diaryl/α,β-unsaturated/α-hetero) is 1. The van der Waals surface area contributed by atoms with E-state index in [2.05, 4.69) is 0 Å². The molecule has 0 aliphatic rings. The average molecular weight is 216 g/mol. The molecule has 3 heteroatoms. The lowest BCUT2D eigenvalue weighted by Gasteiger charge is -2.18. The van der Waals surface area contributed by atoms with Crippen LogP contribution < -0.4 is 0 Å². The minimum absolute atomic E-state index is 0.00375. The molecule has 0 spiro atoms. The number of hydrogen-bond donors (Lipinski definition) is 0. The molecular weight excluding hydrogens is 196 g/mol. The molecule has 0 bridgehead atoms. The van der Waals surface area contributed by atoms with Crippen LogP contribution in [0.2, 0.25) is 0 Å². The molecule has 0 radical (unpaired) electrons. The topological polar surface area (TPSA) is 34.1 Å². The normalized spacial score (nSPS) is 13.8. The van der Waals surface area contributed by atoms with E-state index in [9.17, 15) is 9.59 Å². The number of hydrogen-bond acceptors (Lipinski definition) is 3. The van der Waals surface area contributed by atoms with Gasteiger partial charge in [0.15, 0.2) is 5.12 Å². The zero-order chi connectivity index (χ0) is 11.4. The second kappa shape index (κ2) is 5.54. The van der Waals surface area contributed by atoms with E-state index < -0.39 is 5.92 Å². The molecule has 1 atom stereocenters. The summed E-state index contributed by atoms with van der Waals surface area (Å²) in [5.74, 6) is -0.381. The predicted octanol–water partition coefficient (Wildman–Crippen LogP) is 3.05. The first-order valence-corrected chi connectivity index (χ1v) is 5.85. The largest absolute Gasteiger partial charge is 0.299 e. The molecule has 0 fully saturated rings. The van der Waals surface area contributed by atoms with E-state index in [1.54, 1.807) is 6.92 Å². The van der Waals surface area contributed by atoms with Gasteiger partial charge < -0.3 is 0 Å². The Kier molecular flexibility index (Phi) is 5.42. The molecule has 1 unspecified atom stereocenters. The van der Waals surface area contributed by atoms with Gasteiger partial charge in [-0.3, -0.25) is 9.59 Å². The summed E-state index contributed by atoms with van der Waals surface area (Å²) in [7, 11) is 0. The molecule has 0 aliphatic carbocycles. The molecule has 0 rings (SSSR count). The van der Waals surface area contributed by atoms with Crippen LogP contribution in [0.4, 0.5) is 0 Å². The van der Waals surface area contributed by atoms with Gasteiger partial charge in [-0.05, 0) is 13.3 Å². The Labute approximate surface area is 90.8 Å². The van der Waals surface area contributed by atoms with Gasteiger partial charge in [0.1, 0.15) is 5.78 Å². The van der Waals surface area contributed by atoms with Crippen LogP contribution in [0.1, 0.15) is 47.5 Å². The van der Waals surface area contributed by atoms with Gasteiger partial charge in [-0.1, -0.05) is 39.5 Å². The van der Waals surface area contributed by atoms with Crippen molar-refractivity contribution >= 4 is 22.7 Å². The SMILES string of the molecule is CCCC(=O)C(C)C(=O)SC(C)(C)C. The fourth-order valence-electron chi connectivity index (χ4n) is 0.985. The molecule has 0 aliphatic heterocycles. The smallest absolute Gasteiger partial charge is 0.199 e. The first-order chi connectivity index (χ1) is 6.28. The van der Waals surface area contributed by atoms with Crippen molar-refractivity contribution < 1.29 is 9.59 Å². The number of rotatable bonds is 4. The van der Waals surface area contributed by atoms with Gasteiger partial charge >= 0.3 is 0 Å². The summed E-state index contributed by atoms with van der Waals surface area (Å²) in [6, 6.07) is 0. The van der Waals surface area contributed by atoms with Crippen LogP contribution >= 0.6 is 11.8 Å². The summed E-state index contributed by atoms with van der Waals surface area (Å²) < 4.78 is -0.0994. The number of carbonyl (C=O) groups excluding carboxylic acids is 2. The van der Waals surface area contributed by atoms with Crippen molar-refractivity contribution in [1.82, 2.24) is 0 Å². The highest BCUT2D eigenvalue weighted by molar-refractivity contribution is 8.14. The minimum Gasteiger partial charge on any atom is -0.299 e. The lowest BCUT2D eigenvalue weighted by atomic mass is 10.0. The molecule has 0 N–H and O–H groups in total. The van der Waals surface area contributed by atoms with E-state index in [0.29, 0.717) is 6.42 Å². The Morgan fingerprint density at radius 2 is 1.79 bits per heavy atom. The summed E-state index contributed by atoms with van der Waals surface area (Å²) in [5.41, 5.74) is 0. The van der Waals surface area contributed by atoms with Gasteiger partial charge in [-0.15, -0.1) is 0 Å². The van der Waals surface area contributed by atoms with Crippen LogP contribution in [-0.4, -0.2) is 15.6 Å². The van der Waals surface area contributed by atoms with E-state index >= 15 is 0 Å². The highest BCUT2D eigenvalue weighted by Gasteiger charge is 2.25. The first kappa shape index (κ1) is 13.7. The monoisotopic (exact) mass is 216 g/mol. The van der Waals surface area contributed by atoms with Crippen molar-refractivity contribution in [3.63, 3.8) is 0 Å². The molecule has 0 heterocycles. The van der Waals surface area contributed by atoms with Gasteiger partial charge in [0.05, 0.1) is 5.92 Å². The molecule has 0 saturated carbocycles. The Morgan fingerprint density at radius 3 is 2.14 bits per heavy atom. The molecule has 0 aromatic heterocycles. The number of ketones is 1. The van der Waals surface area contributed by atoms with Gasteiger partial charge in [-0.2, -0.15) is 0 Å². The fraction of sp³-hybridized carbons (Fsp3) is 0.818. The quantitative estimate of drug-likeness (QED) is 0.677. The first-order valence-electron chi connectivity index (χ1n) is 5.03. The second-order valence-corrected chi connectivity index (χ2v) is 6.30. The summed E-state index contributed by atoms with van der Waals surface area (Å²) in [5, 5.41) is -0.00375. The lowest BCUT2D eigenvalue weighted by molar-refractivity contribution is -0.127. The van der Waals surface area contributed by atoms with Crippen molar-refractivity contribution in [2.75, 3.05) is 0 Å². The fourth-order valence-corrected chi connectivity index (χ4v) is 1.90. The highest BCUT2D eigenvalue weighted by atomic mass is 32.2. The van der Waals surface area contributed by atoms with E-state index in [0.717, 1.165) is 6.42 Å². The van der Waals surface area contributed by atoms with Crippen LogP contribution in [0.5, 0.6) is 0 Å². The maximum Gasteiger partial charge on any atom is 0.199 e. The Balaban J connectivity index is 4.19. The van der Waals surface area contributed by atoms with Crippen LogP contribution in [0.25, 0.3) is 0 Å². The molecule has 2 nitrogen and oxygen atoms in total. The summed E-state index contributed by atoms with van der Waals surface area (Å²) in [4.78, 5) is 23.1. The van der Waals surface area contributed by atoms with E-state index in [1.807, 2.05) is 27.7 Å². The van der Waals surface area contributed by atoms with Crippen molar-refractivity contribution in [3.8, 4) is 0 Å². The van der Waals surface area contributed by atoms with E-state index in [4.69, 9.17) is 0 Å². The highest BCUT2D eigenvalue weighted by Crippen LogP contribution is 2.27. The standard InChI is InChI=1S/C11H20O2S/c1-6-7-9(12)8(2)10(13)14-11(3,4)5/h8H,6-7H2,1-5H3. The van der Waals surface area contributed by atoms with E-state index in [1.165, 1.54) is 11.8 Å². The van der Waals surface area contributed by atoms with Gasteiger partial charge in [0, 0.05) is 11.2 Å². The third kappa shape index (κ3) is 5.43. The van der Waals surface area contributed by atoms with Crippen molar-refractivity contribution in [1.29, 1.82) is 0 Å². The van der Waals surface area contributed by atoms with Crippen LogP contribution in [-0.2, 0) is 9.59 Å². The molecule has 0 amide bonds. The number of carbonyl (C=O) groups is 2. The molecule has 0 aromatic carbocycles. The maximum absolute atomic E-state index is 11.6. The van der Waals surface area contributed by atoms with E-state index in [-0.39, 0.29) is 15.6 Å². The molecular formula is C11H20O2S. The average Bonchev–Trinajstić information content (AvgIpc) is 2.00. The Morgan fingerprint density at radius 1 is 1.29 bits per heavy atom. The third-order valence-electron chi connectivity index (χ3n) is 1.74. The second-order valence-electron chi connectivity index (χ2n) is 4.47. The van der Waals surface area contributed by atoms with Crippen molar-refractivity contribution in [2.45, 2.75) is 52.2 Å². The van der Waals surface area contributed by atoms with Crippen molar-refractivity contribution in [3.05, 3.63) is 0 Å². The molecule has 14 heavy (non-hydrogen) atoms. The van der Waals surface area contributed by atoms with Crippen LogP contribution in [0.3, 0.4) is 0 Å². The van der Waals surface area contributed by atoms with Crippen LogP contribution in [0.15, 0.2) is 0 Å². The summed E-state index contributed by atoms with van der Waals surface area (Å²) in [6.07, 6.45) is 1.33. The predicted molar refractivity (Wildman–Crippen MR) is 61.4 cm³/mol. The zero-order valence-electron chi connectivity index (χ0n) is 9.72. The number of thioether (sulfide) groups is 1. The lowest BCUT2D eigenvalue weighted by Crippen LogP contribution is -2.22. The zero-order valence-corrected chi connectivity index (χ0v) is 10.5. The Bertz CT molecular complexity index is 216. The molecule has 0 saturated heterocycles. The van der Waals surface area contributed by atoms with Crippen LogP contribution in [0, 0.1) is 5.92 Å². The summed E-state index contributed by atoms with van der Waals surface area (Å²) >= 11 is 1.26. The Hall–Kier alpha value is -0.310. The minimum atomic E-state index is -0.445.